The first-order valence-electron chi connectivity index (χ1n) is 9.84. The number of hydrogen-bond donors (Lipinski definition) is 2. The van der Waals surface area contributed by atoms with E-state index in [4.69, 9.17) is 0 Å². The number of fused-ring (bicyclic) bond motifs is 1. The quantitative estimate of drug-likeness (QED) is 0.445. The molecule has 0 aliphatic rings. The number of aryl methyl sites for hydroxylation is 1. The highest BCUT2D eigenvalue weighted by Crippen LogP contribution is 2.30. The second kappa shape index (κ2) is 8.40. The summed E-state index contributed by atoms with van der Waals surface area (Å²) in [5.41, 5.74) is 3.76. The molecule has 0 saturated heterocycles. The van der Waals surface area contributed by atoms with Crippen molar-refractivity contribution in [3.8, 4) is 22.4 Å². The number of aromatic amines is 1. The van der Waals surface area contributed by atoms with Crippen molar-refractivity contribution >= 4 is 22.6 Å². The smallest absolute Gasteiger partial charge is 0.359 e. The summed E-state index contributed by atoms with van der Waals surface area (Å²) >= 11 is 0. The van der Waals surface area contributed by atoms with Gasteiger partial charge in [0.05, 0.1) is 36.7 Å². The number of halogens is 3. The molecular weight excluding hydrogens is 423 g/mol. The fourth-order valence-electron chi connectivity index (χ4n) is 3.29. The van der Waals surface area contributed by atoms with E-state index >= 15 is 0 Å². The minimum absolute atomic E-state index is 0.293. The second-order valence-corrected chi connectivity index (χ2v) is 7.46. The molecule has 0 aliphatic heterocycles. The molecule has 0 bridgehead atoms. The fourth-order valence-corrected chi connectivity index (χ4v) is 3.29. The van der Waals surface area contributed by atoms with Gasteiger partial charge in [0, 0.05) is 54.1 Å². The molecule has 0 unspecified atom stereocenters. The Labute approximate surface area is 180 Å². The monoisotopic (exact) mass is 443 g/mol. The molecule has 0 aliphatic carbocycles. The van der Waals surface area contributed by atoms with Crippen LogP contribution >= 0.6 is 0 Å². The molecule has 0 amide bonds. The normalized spacial score (nSPS) is 12.8. The van der Waals surface area contributed by atoms with E-state index in [1.807, 2.05) is 19.3 Å². The molecule has 32 heavy (non-hydrogen) atoms. The standard InChI is InChI=1S/C21H20F3N7O/c1-12(18(32)3-4-21(22,23)24)29-19-10-25-9-17(30-19)16-8-27-20-15(16)5-13(6-26-20)14-7-28-31(2)11-14/h5-12H,3-4H2,1-2H3,(H,26,27)(H,29,30)/t12-/m1/s1. The molecular formula is C21H20F3N7O. The third-order valence-electron chi connectivity index (χ3n) is 4.98. The van der Waals surface area contributed by atoms with Gasteiger partial charge in [0.2, 0.25) is 0 Å². The van der Waals surface area contributed by atoms with Crippen LogP contribution in [0.15, 0.2) is 43.2 Å². The zero-order valence-corrected chi connectivity index (χ0v) is 17.3. The van der Waals surface area contributed by atoms with Gasteiger partial charge in [-0.25, -0.2) is 9.97 Å². The van der Waals surface area contributed by atoms with Crippen molar-refractivity contribution in [2.75, 3.05) is 5.32 Å². The van der Waals surface area contributed by atoms with Crippen LogP contribution in [-0.2, 0) is 11.8 Å². The van der Waals surface area contributed by atoms with Gasteiger partial charge in [0.15, 0.2) is 5.78 Å². The van der Waals surface area contributed by atoms with Crippen molar-refractivity contribution in [1.82, 2.24) is 29.7 Å². The first-order chi connectivity index (χ1) is 15.2. The summed E-state index contributed by atoms with van der Waals surface area (Å²) in [5, 5.41) is 7.85. The van der Waals surface area contributed by atoms with Gasteiger partial charge in [-0.15, -0.1) is 0 Å². The molecule has 4 rings (SSSR count). The lowest BCUT2D eigenvalue weighted by Gasteiger charge is -2.14. The minimum Gasteiger partial charge on any atom is -0.359 e. The number of hydrogen-bond acceptors (Lipinski definition) is 6. The van der Waals surface area contributed by atoms with E-state index in [1.54, 1.807) is 29.5 Å². The highest BCUT2D eigenvalue weighted by atomic mass is 19.4. The molecule has 0 radical (unpaired) electrons. The zero-order valence-electron chi connectivity index (χ0n) is 17.3. The Bertz CT molecular complexity index is 1260. The average Bonchev–Trinajstić information content (AvgIpc) is 3.37. The molecule has 0 saturated carbocycles. The predicted octanol–water partition coefficient (Wildman–Crippen LogP) is 4.13. The van der Waals surface area contributed by atoms with Crippen molar-refractivity contribution in [1.29, 1.82) is 0 Å². The number of H-pyrrole nitrogens is 1. The van der Waals surface area contributed by atoms with E-state index < -0.39 is 30.8 Å². The summed E-state index contributed by atoms with van der Waals surface area (Å²) in [6.45, 7) is 1.50. The molecule has 11 heteroatoms. The fraction of sp³-hybridized carbons (Fsp3) is 0.286. The van der Waals surface area contributed by atoms with Crippen LogP contribution in [0.4, 0.5) is 19.0 Å². The molecule has 1 atom stereocenters. The average molecular weight is 443 g/mol. The Balaban J connectivity index is 1.57. The lowest BCUT2D eigenvalue weighted by Crippen LogP contribution is -2.27. The topological polar surface area (TPSA) is 101 Å². The number of carbonyl (C=O) groups is 1. The molecule has 0 aromatic carbocycles. The lowest BCUT2D eigenvalue weighted by molar-refractivity contribution is -0.143. The van der Waals surface area contributed by atoms with E-state index in [0.717, 1.165) is 22.1 Å². The van der Waals surface area contributed by atoms with Crippen molar-refractivity contribution in [3.63, 3.8) is 0 Å². The number of anilines is 1. The third kappa shape index (κ3) is 4.76. The predicted molar refractivity (Wildman–Crippen MR) is 113 cm³/mol. The van der Waals surface area contributed by atoms with Crippen LogP contribution < -0.4 is 5.32 Å². The van der Waals surface area contributed by atoms with Crippen molar-refractivity contribution in [2.24, 2.45) is 7.05 Å². The van der Waals surface area contributed by atoms with E-state index in [1.165, 1.54) is 13.1 Å². The summed E-state index contributed by atoms with van der Waals surface area (Å²) in [7, 11) is 1.83. The first kappa shape index (κ1) is 21.5. The number of ketones is 1. The Kier molecular flexibility index (Phi) is 5.64. The number of carbonyl (C=O) groups excluding carboxylic acids is 1. The van der Waals surface area contributed by atoms with Gasteiger partial charge in [0.1, 0.15) is 11.5 Å². The van der Waals surface area contributed by atoms with Crippen LogP contribution in [0, 0.1) is 0 Å². The van der Waals surface area contributed by atoms with E-state index in [-0.39, 0.29) is 0 Å². The summed E-state index contributed by atoms with van der Waals surface area (Å²) in [4.78, 5) is 28.2. The number of nitrogens with zero attached hydrogens (tertiary/aromatic N) is 5. The summed E-state index contributed by atoms with van der Waals surface area (Å²) < 4.78 is 38.8. The molecule has 4 aromatic rings. The minimum atomic E-state index is -4.37. The van der Waals surface area contributed by atoms with Crippen LogP contribution in [0.5, 0.6) is 0 Å². The van der Waals surface area contributed by atoms with Crippen molar-refractivity contribution in [2.45, 2.75) is 32.0 Å². The largest absolute Gasteiger partial charge is 0.389 e. The Morgan fingerprint density at radius 2 is 2.03 bits per heavy atom. The van der Waals surface area contributed by atoms with Gasteiger partial charge in [-0.1, -0.05) is 0 Å². The lowest BCUT2D eigenvalue weighted by atomic mass is 10.1. The number of Topliss-reactive ketones (excluding diaryl/α,β-unsaturated/α-hetero) is 1. The van der Waals surface area contributed by atoms with Crippen LogP contribution in [0.2, 0.25) is 0 Å². The molecule has 0 spiro atoms. The Morgan fingerprint density at radius 1 is 1.22 bits per heavy atom. The number of nitrogens with one attached hydrogen (secondary N) is 2. The Morgan fingerprint density at radius 3 is 2.75 bits per heavy atom. The van der Waals surface area contributed by atoms with Gasteiger partial charge in [-0.2, -0.15) is 18.3 Å². The maximum absolute atomic E-state index is 12.4. The summed E-state index contributed by atoms with van der Waals surface area (Å²) in [6.07, 6.45) is 4.03. The number of aromatic nitrogens is 6. The van der Waals surface area contributed by atoms with E-state index in [2.05, 4.69) is 30.4 Å². The molecule has 0 fully saturated rings. The number of rotatable bonds is 7. The number of pyridine rings is 1. The molecule has 4 aromatic heterocycles. The highest BCUT2D eigenvalue weighted by Gasteiger charge is 2.29. The summed E-state index contributed by atoms with van der Waals surface area (Å²) in [6, 6.07) is 1.14. The first-order valence-corrected chi connectivity index (χ1v) is 9.84. The highest BCUT2D eigenvalue weighted by molar-refractivity contribution is 5.95. The van der Waals surface area contributed by atoms with Crippen LogP contribution in [-0.4, -0.2) is 47.7 Å². The van der Waals surface area contributed by atoms with Crippen LogP contribution in [0.3, 0.4) is 0 Å². The summed E-state index contributed by atoms with van der Waals surface area (Å²) in [5.74, 6) is -0.256. The van der Waals surface area contributed by atoms with Crippen LogP contribution in [0.1, 0.15) is 19.8 Å². The van der Waals surface area contributed by atoms with Gasteiger partial charge in [0.25, 0.3) is 0 Å². The van der Waals surface area contributed by atoms with Crippen LogP contribution in [0.25, 0.3) is 33.4 Å². The third-order valence-corrected chi connectivity index (χ3v) is 4.98. The molecule has 2 N–H and O–H groups in total. The maximum Gasteiger partial charge on any atom is 0.389 e. The van der Waals surface area contributed by atoms with Gasteiger partial charge >= 0.3 is 6.18 Å². The number of alkyl halides is 3. The van der Waals surface area contributed by atoms with Gasteiger partial charge in [-0.05, 0) is 13.0 Å². The maximum atomic E-state index is 12.4. The molecule has 4 heterocycles. The van der Waals surface area contributed by atoms with Gasteiger partial charge < -0.3 is 10.3 Å². The van der Waals surface area contributed by atoms with E-state index in [0.29, 0.717) is 17.2 Å². The Hall–Kier alpha value is -3.76. The van der Waals surface area contributed by atoms with Crippen molar-refractivity contribution in [3.05, 3.63) is 43.2 Å². The van der Waals surface area contributed by atoms with Crippen molar-refractivity contribution < 1.29 is 18.0 Å². The van der Waals surface area contributed by atoms with Gasteiger partial charge in [-0.3, -0.25) is 14.5 Å². The second-order valence-electron chi connectivity index (χ2n) is 7.46. The molecule has 166 valence electrons. The SMILES string of the molecule is C[C@@H](Nc1cncc(-c2c[nH]c3ncc(-c4cnn(C)c4)cc23)n1)C(=O)CCC(F)(F)F. The van der Waals surface area contributed by atoms with E-state index in [9.17, 15) is 18.0 Å². The zero-order chi connectivity index (χ0) is 22.9. The molecule has 8 nitrogen and oxygen atoms in total.